The third kappa shape index (κ3) is 6.63. The minimum Gasteiger partial charge on any atom is -0.164 e. The van der Waals surface area contributed by atoms with Crippen LogP contribution in [0.1, 0.15) is 27.7 Å². The van der Waals surface area contributed by atoms with Crippen molar-refractivity contribution in [2.75, 3.05) is 0 Å². The Morgan fingerprint density at radius 2 is 1.36 bits per heavy atom. The van der Waals surface area contributed by atoms with E-state index in [2.05, 4.69) is 9.05 Å². The molecule has 0 aliphatic rings. The second-order valence-electron chi connectivity index (χ2n) is 2.76. The minimum atomic E-state index is -4.05. The van der Waals surface area contributed by atoms with Crippen LogP contribution in [0.4, 0.5) is 4.20 Å². The van der Waals surface area contributed by atoms with E-state index < -0.39 is 8.25 Å². The lowest BCUT2D eigenvalue weighted by atomic mass is 10.5. The van der Waals surface area contributed by atoms with Crippen molar-refractivity contribution >= 4 is 8.25 Å². The summed E-state index contributed by atoms with van der Waals surface area (Å²) in [6.45, 7) is 6.53. The fraction of sp³-hybridized carbons (Fsp3) is 1.00. The molecule has 0 aromatic carbocycles. The first-order valence-electron chi connectivity index (χ1n) is 3.51. The molecule has 0 spiro atoms. The molecule has 0 amide bonds. The predicted molar refractivity (Wildman–Crippen MR) is 42.7 cm³/mol. The average molecular weight is 185 g/mol. The van der Waals surface area contributed by atoms with Gasteiger partial charge in [-0.3, -0.25) is 0 Å². The molecular formula is C6H15FO3P+. The Bertz CT molecular complexity index is 104. The molecule has 5 heteroatoms. The van der Waals surface area contributed by atoms with Crippen LogP contribution in [0.25, 0.3) is 0 Å². The largest absolute Gasteiger partial charge is 0.621 e. The zero-order valence-electron chi connectivity index (χ0n) is 7.24. The summed E-state index contributed by atoms with van der Waals surface area (Å²) in [4.78, 5) is 8.86. The van der Waals surface area contributed by atoms with Crippen molar-refractivity contribution in [1.82, 2.24) is 0 Å². The number of hydrogen-bond acceptors (Lipinski definition) is 3. The van der Waals surface area contributed by atoms with Gasteiger partial charge in [0.05, 0.1) is 0 Å². The number of halogens is 1. The van der Waals surface area contributed by atoms with E-state index in [1.807, 2.05) is 0 Å². The molecule has 0 unspecified atom stereocenters. The third-order valence-corrected chi connectivity index (χ3v) is 2.04. The highest BCUT2D eigenvalue weighted by Crippen LogP contribution is 2.60. The molecule has 68 valence electrons. The van der Waals surface area contributed by atoms with Gasteiger partial charge in [0.2, 0.25) is 0 Å². The first kappa shape index (κ1) is 11.2. The SMILES string of the molecule is CC(C)O[P+](O)(F)OC(C)C. The average Bonchev–Trinajstić information content (AvgIpc) is 1.53. The molecule has 0 bridgehead atoms. The molecule has 3 nitrogen and oxygen atoms in total. The van der Waals surface area contributed by atoms with Gasteiger partial charge in [-0.2, -0.15) is 4.89 Å². The lowest BCUT2D eigenvalue weighted by Gasteiger charge is -2.10. The Labute approximate surface area is 67.2 Å². The summed E-state index contributed by atoms with van der Waals surface area (Å²) >= 11 is 0. The van der Waals surface area contributed by atoms with Crippen LogP contribution in [0, 0.1) is 0 Å². The lowest BCUT2D eigenvalue weighted by molar-refractivity contribution is 0.0907. The van der Waals surface area contributed by atoms with Gasteiger partial charge in [-0.1, -0.05) is 0 Å². The van der Waals surface area contributed by atoms with Crippen molar-refractivity contribution in [1.29, 1.82) is 0 Å². The highest BCUT2D eigenvalue weighted by Gasteiger charge is 2.45. The van der Waals surface area contributed by atoms with Crippen LogP contribution in [0.15, 0.2) is 0 Å². The molecule has 0 atom stereocenters. The standard InChI is InChI=1S/C6H15FO3P/c1-5(2)9-11(7,8)10-6(3)4/h5-6,8H,1-4H3/q+1. The quantitative estimate of drug-likeness (QED) is 0.684. The Balaban J connectivity index is 3.79. The summed E-state index contributed by atoms with van der Waals surface area (Å²) in [7, 11) is -4.05. The maximum absolute atomic E-state index is 12.8. The third-order valence-electron chi connectivity index (χ3n) is 0.682. The first-order valence-corrected chi connectivity index (χ1v) is 4.98. The monoisotopic (exact) mass is 185 g/mol. The number of hydrogen-bond donors (Lipinski definition) is 1. The van der Waals surface area contributed by atoms with E-state index in [9.17, 15) is 4.20 Å². The molecule has 0 saturated carbocycles. The van der Waals surface area contributed by atoms with Crippen LogP contribution in [-0.2, 0) is 9.05 Å². The Kier molecular flexibility index (Phi) is 4.41. The van der Waals surface area contributed by atoms with Gasteiger partial charge in [0.25, 0.3) is 0 Å². The summed E-state index contributed by atoms with van der Waals surface area (Å²) in [6.07, 6.45) is -0.728. The smallest absolute Gasteiger partial charge is 0.164 e. The summed E-state index contributed by atoms with van der Waals surface area (Å²) in [6, 6.07) is 0. The zero-order valence-corrected chi connectivity index (χ0v) is 8.14. The molecule has 0 aliphatic heterocycles. The second-order valence-corrected chi connectivity index (χ2v) is 4.08. The number of rotatable bonds is 4. The van der Waals surface area contributed by atoms with Gasteiger partial charge in [0, 0.05) is 4.20 Å². The molecular weight excluding hydrogens is 170 g/mol. The van der Waals surface area contributed by atoms with Crippen molar-refractivity contribution in [3.63, 3.8) is 0 Å². The highest BCUT2D eigenvalue weighted by atomic mass is 31.3. The molecule has 0 aromatic rings. The van der Waals surface area contributed by atoms with Crippen LogP contribution in [0.2, 0.25) is 0 Å². The molecule has 0 saturated heterocycles. The highest BCUT2D eigenvalue weighted by molar-refractivity contribution is 7.55. The van der Waals surface area contributed by atoms with E-state index in [4.69, 9.17) is 4.89 Å². The van der Waals surface area contributed by atoms with Crippen LogP contribution >= 0.6 is 8.25 Å². The Morgan fingerprint density at radius 1 is 1.09 bits per heavy atom. The van der Waals surface area contributed by atoms with Crippen molar-refractivity contribution in [2.45, 2.75) is 39.9 Å². The predicted octanol–water partition coefficient (Wildman–Crippen LogP) is 2.48. The normalized spacial score (nSPS) is 13.1. The van der Waals surface area contributed by atoms with Crippen LogP contribution in [0.5, 0.6) is 0 Å². The van der Waals surface area contributed by atoms with Gasteiger partial charge < -0.3 is 0 Å². The molecule has 0 aromatic heterocycles. The van der Waals surface area contributed by atoms with Crippen LogP contribution in [-0.4, -0.2) is 17.1 Å². The van der Waals surface area contributed by atoms with Gasteiger partial charge in [0.1, 0.15) is 12.2 Å². The Hall–Kier alpha value is 0.240. The van der Waals surface area contributed by atoms with Crippen molar-refractivity contribution in [3.05, 3.63) is 0 Å². The van der Waals surface area contributed by atoms with E-state index in [1.165, 1.54) is 0 Å². The molecule has 0 aliphatic carbocycles. The molecule has 0 heterocycles. The topological polar surface area (TPSA) is 38.7 Å². The van der Waals surface area contributed by atoms with Crippen molar-refractivity contribution in [2.24, 2.45) is 0 Å². The second kappa shape index (κ2) is 4.31. The summed E-state index contributed by atoms with van der Waals surface area (Å²) in [5, 5.41) is 0. The van der Waals surface area contributed by atoms with Crippen LogP contribution < -0.4 is 0 Å². The van der Waals surface area contributed by atoms with Gasteiger partial charge in [-0.25, -0.2) is 0 Å². The minimum absolute atomic E-state index is 0.364. The molecule has 1 N–H and O–H groups in total. The summed E-state index contributed by atoms with van der Waals surface area (Å²) < 4.78 is 21.9. The zero-order chi connectivity index (χ0) is 9.07. The fourth-order valence-corrected chi connectivity index (χ4v) is 1.63. The lowest BCUT2D eigenvalue weighted by Crippen LogP contribution is -2.09. The van der Waals surface area contributed by atoms with E-state index in [1.54, 1.807) is 27.7 Å². The van der Waals surface area contributed by atoms with E-state index in [-0.39, 0.29) is 12.2 Å². The fourth-order valence-electron chi connectivity index (χ4n) is 0.545. The first-order chi connectivity index (χ1) is 4.83. The maximum atomic E-state index is 12.8. The van der Waals surface area contributed by atoms with E-state index in [0.29, 0.717) is 0 Å². The van der Waals surface area contributed by atoms with Gasteiger partial charge in [0.15, 0.2) is 0 Å². The summed E-state index contributed by atoms with van der Waals surface area (Å²) in [5.41, 5.74) is 0. The van der Waals surface area contributed by atoms with Gasteiger partial charge in [-0.05, 0) is 27.7 Å². The molecule has 0 fully saturated rings. The van der Waals surface area contributed by atoms with Gasteiger partial charge in [-0.15, -0.1) is 9.05 Å². The van der Waals surface area contributed by atoms with E-state index in [0.717, 1.165) is 0 Å². The van der Waals surface area contributed by atoms with Gasteiger partial charge >= 0.3 is 8.25 Å². The van der Waals surface area contributed by atoms with Crippen molar-refractivity contribution in [3.8, 4) is 0 Å². The van der Waals surface area contributed by atoms with Crippen molar-refractivity contribution < 1.29 is 18.1 Å². The maximum Gasteiger partial charge on any atom is 0.621 e. The van der Waals surface area contributed by atoms with E-state index >= 15 is 0 Å². The molecule has 0 radical (unpaired) electrons. The molecule has 0 rings (SSSR count). The Morgan fingerprint density at radius 3 is 1.55 bits per heavy atom. The molecule has 11 heavy (non-hydrogen) atoms. The van der Waals surface area contributed by atoms with Crippen LogP contribution in [0.3, 0.4) is 0 Å². The summed E-state index contributed by atoms with van der Waals surface area (Å²) in [5.74, 6) is 0.